The molecule has 1 saturated heterocycles. The van der Waals surface area contributed by atoms with E-state index in [1.807, 2.05) is 0 Å². The van der Waals surface area contributed by atoms with E-state index in [2.05, 4.69) is 0 Å². The van der Waals surface area contributed by atoms with Crippen molar-refractivity contribution in [3.8, 4) is 11.8 Å². The van der Waals surface area contributed by atoms with E-state index in [0.29, 0.717) is 16.9 Å². The second-order valence-corrected chi connectivity index (χ2v) is 8.21. The lowest BCUT2D eigenvalue weighted by atomic mass is 10.0. The molecule has 1 atom stereocenters. The molecule has 0 spiro atoms. The molecule has 2 aromatic carbocycles. The van der Waals surface area contributed by atoms with Crippen molar-refractivity contribution in [2.75, 3.05) is 45.7 Å². The number of piperazine rings is 1. The van der Waals surface area contributed by atoms with Crippen molar-refractivity contribution < 1.29 is 27.5 Å². The summed E-state index contributed by atoms with van der Waals surface area (Å²) in [5.74, 6) is -0.0780. The van der Waals surface area contributed by atoms with Crippen molar-refractivity contribution in [1.29, 1.82) is 5.26 Å². The Morgan fingerprint density at radius 2 is 1.85 bits per heavy atom. The Bertz CT molecular complexity index is 1140. The van der Waals surface area contributed by atoms with E-state index in [1.165, 1.54) is 23.0 Å². The molecule has 0 radical (unpaired) electrons. The number of rotatable bonds is 4. The number of hydrogen-bond acceptors (Lipinski definition) is 5. The molecule has 0 aliphatic carbocycles. The molecule has 0 N–H and O–H groups in total. The van der Waals surface area contributed by atoms with Crippen LogP contribution < -0.4 is 9.64 Å². The number of amides is 2. The Labute approximate surface area is 195 Å². The van der Waals surface area contributed by atoms with E-state index < -0.39 is 23.3 Å². The van der Waals surface area contributed by atoms with Crippen LogP contribution in [0.15, 0.2) is 36.4 Å². The fourth-order valence-corrected chi connectivity index (χ4v) is 3.99. The van der Waals surface area contributed by atoms with E-state index in [4.69, 9.17) is 10.00 Å². The second kappa shape index (κ2) is 9.63. The first-order valence-corrected chi connectivity index (χ1v) is 10.5. The first-order valence-electron chi connectivity index (χ1n) is 10.5. The van der Waals surface area contributed by atoms with Gasteiger partial charge in [0.15, 0.2) is 0 Å². The van der Waals surface area contributed by atoms with Gasteiger partial charge >= 0.3 is 6.18 Å². The predicted octanol–water partition coefficient (Wildman–Crippen LogP) is 3.31. The van der Waals surface area contributed by atoms with Crippen LogP contribution in [0.4, 0.5) is 18.9 Å². The summed E-state index contributed by atoms with van der Waals surface area (Å²) in [5, 5.41) is 9.05. The number of alkyl halides is 3. The highest BCUT2D eigenvalue weighted by Gasteiger charge is 2.38. The Hall–Kier alpha value is -3.74. The van der Waals surface area contributed by atoms with E-state index in [9.17, 15) is 22.8 Å². The minimum absolute atomic E-state index is 0.0150. The van der Waals surface area contributed by atoms with Crippen LogP contribution in [-0.2, 0) is 11.0 Å². The average Bonchev–Trinajstić information content (AvgIpc) is 2.81. The third kappa shape index (κ3) is 4.93. The highest BCUT2D eigenvalue weighted by molar-refractivity contribution is 5.99. The number of anilines is 1. The fraction of sp³-hybridized carbons (Fsp3) is 0.375. The second-order valence-electron chi connectivity index (χ2n) is 8.21. The zero-order valence-corrected chi connectivity index (χ0v) is 19.3. The number of ether oxygens (including phenoxy) is 1. The zero-order chi connectivity index (χ0) is 25.2. The Kier molecular flexibility index (Phi) is 7.05. The molecule has 0 saturated carbocycles. The summed E-state index contributed by atoms with van der Waals surface area (Å²) in [7, 11) is 4.65. The van der Waals surface area contributed by atoms with E-state index in [-0.39, 0.29) is 37.1 Å². The standard InChI is InChI=1S/C24H25F3N4O3/c1-15-11-18(34-4)7-8-19(15)22(32)31-10-9-30(14-21(31)23(33)29(2)3)17-6-5-16(13-28)20(12-17)24(25,26)27/h5-8,11-12,21H,9-10,14H2,1-4H3. The van der Waals surface area contributed by atoms with Gasteiger partial charge in [-0.1, -0.05) is 0 Å². The van der Waals surface area contributed by atoms with E-state index in [1.54, 1.807) is 50.2 Å². The van der Waals surface area contributed by atoms with Gasteiger partial charge in [0.05, 0.1) is 24.3 Å². The molecule has 0 bridgehead atoms. The van der Waals surface area contributed by atoms with E-state index >= 15 is 0 Å². The molecule has 7 nitrogen and oxygen atoms in total. The molecular formula is C24H25F3N4O3. The van der Waals surface area contributed by atoms with Gasteiger partial charge in [0, 0.05) is 45.0 Å². The van der Waals surface area contributed by atoms with Crippen molar-refractivity contribution in [3.63, 3.8) is 0 Å². The number of benzene rings is 2. The van der Waals surface area contributed by atoms with Gasteiger partial charge in [-0.05, 0) is 48.9 Å². The maximum atomic E-state index is 13.4. The number of likely N-dealkylation sites (N-methyl/N-ethyl adjacent to an activating group) is 1. The molecule has 2 amide bonds. The van der Waals surface area contributed by atoms with Gasteiger partial charge in [-0.2, -0.15) is 18.4 Å². The van der Waals surface area contributed by atoms with Gasteiger partial charge in [-0.25, -0.2) is 0 Å². The third-order valence-electron chi connectivity index (χ3n) is 5.83. The van der Waals surface area contributed by atoms with Crippen molar-refractivity contribution >= 4 is 17.5 Å². The molecule has 1 fully saturated rings. The highest BCUT2D eigenvalue weighted by Crippen LogP contribution is 2.35. The molecular weight excluding hydrogens is 449 g/mol. The average molecular weight is 474 g/mol. The predicted molar refractivity (Wildman–Crippen MR) is 120 cm³/mol. The van der Waals surface area contributed by atoms with Crippen LogP contribution in [0, 0.1) is 18.3 Å². The molecule has 1 heterocycles. The SMILES string of the molecule is COc1ccc(C(=O)N2CCN(c3ccc(C#N)c(C(F)(F)F)c3)CC2C(=O)N(C)C)c(C)c1. The fourth-order valence-electron chi connectivity index (χ4n) is 3.99. The summed E-state index contributed by atoms with van der Waals surface area (Å²) in [4.78, 5) is 30.8. The molecule has 1 unspecified atom stereocenters. The number of nitriles is 1. The summed E-state index contributed by atoms with van der Waals surface area (Å²) in [5.41, 5.74) is -0.166. The summed E-state index contributed by atoms with van der Waals surface area (Å²) >= 11 is 0. The maximum absolute atomic E-state index is 13.4. The van der Waals surface area contributed by atoms with Gasteiger partial charge in [0.1, 0.15) is 11.8 Å². The number of carbonyl (C=O) groups is 2. The Morgan fingerprint density at radius 1 is 1.15 bits per heavy atom. The highest BCUT2D eigenvalue weighted by atomic mass is 19.4. The summed E-state index contributed by atoms with van der Waals surface area (Å²) < 4.78 is 45.5. The molecule has 1 aliphatic rings. The number of methoxy groups -OCH3 is 1. The number of halogens is 3. The lowest BCUT2D eigenvalue weighted by molar-refractivity contribution is -0.138. The van der Waals surface area contributed by atoms with Gasteiger partial charge < -0.3 is 19.4 Å². The minimum Gasteiger partial charge on any atom is -0.497 e. The van der Waals surface area contributed by atoms with Crippen molar-refractivity contribution in [2.24, 2.45) is 0 Å². The van der Waals surface area contributed by atoms with Crippen LogP contribution in [0.1, 0.15) is 27.0 Å². The van der Waals surface area contributed by atoms with Gasteiger partial charge in [-0.15, -0.1) is 0 Å². The summed E-state index contributed by atoms with van der Waals surface area (Å²) in [6.45, 7) is 2.14. The normalized spacial score (nSPS) is 16.1. The minimum atomic E-state index is -4.69. The molecule has 0 aromatic heterocycles. The number of aryl methyl sites for hydroxylation is 1. The van der Waals surface area contributed by atoms with E-state index in [0.717, 1.165) is 12.1 Å². The Balaban J connectivity index is 1.94. The molecule has 10 heteroatoms. The number of hydrogen-bond donors (Lipinski definition) is 0. The summed E-state index contributed by atoms with van der Waals surface area (Å²) in [6, 6.07) is 9.16. The largest absolute Gasteiger partial charge is 0.497 e. The van der Waals surface area contributed by atoms with Crippen LogP contribution in [0.2, 0.25) is 0 Å². The number of nitrogens with zero attached hydrogens (tertiary/aromatic N) is 4. The smallest absolute Gasteiger partial charge is 0.417 e. The Morgan fingerprint density at radius 3 is 2.41 bits per heavy atom. The lowest BCUT2D eigenvalue weighted by Gasteiger charge is -2.42. The third-order valence-corrected chi connectivity index (χ3v) is 5.83. The first kappa shape index (κ1) is 24.9. The first-order chi connectivity index (χ1) is 16.0. The van der Waals surface area contributed by atoms with Crippen molar-refractivity contribution in [3.05, 3.63) is 58.7 Å². The molecule has 180 valence electrons. The molecule has 3 rings (SSSR count). The summed E-state index contributed by atoms with van der Waals surface area (Å²) in [6.07, 6.45) is -4.69. The lowest BCUT2D eigenvalue weighted by Crippen LogP contribution is -2.60. The maximum Gasteiger partial charge on any atom is 0.417 e. The van der Waals surface area contributed by atoms with Crippen LogP contribution in [0.25, 0.3) is 0 Å². The van der Waals surface area contributed by atoms with Gasteiger partial charge in [0.25, 0.3) is 5.91 Å². The monoisotopic (exact) mass is 474 g/mol. The van der Waals surface area contributed by atoms with Crippen molar-refractivity contribution in [1.82, 2.24) is 9.80 Å². The van der Waals surface area contributed by atoms with Crippen LogP contribution in [0.3, 0.4) is 0 Å². The topological polar surface area (TPSA) is 76.9 Å². The zero-order valence-electron chi connectivity index (χ0n) is 19.3. The van der Waals surface area contributed by atoms with Gasteiger partial charge in [0.2, 0.25) is 5.91 Å². The quantitative estimate of drug-likeness (QED) is 0.680. The van der Waals surface area contributed by atoms with Gasteiger partial charge in [-0.3, -0.25) is 9.59 Å². The number of carbonyl (C=O) groups excluding carboxylic acids is 2. The van der Waals surface area contributed by atoms with Crippen LogP contribution in [-0.4, -0.2) is 68.5 Å². The van der Waals surface area contributed by atoms with Crippen molar-refractivity contribution in [2.45, 2.75) is 19.1 Å². The van der Waals surface area contributed by atoms with Crippen LogP contribution in [0.5, 0.6) is 5.75 Å². The van der Waals surface area contributed by atoms with Crippen LogP contribution >= 0.6 is 0 Å². The molecule has 34 heavy (non-hydrogen) atoms. The molecule has 1 aliphatic heterocycles. The molecule has 2 aromatic rings.